The Balaban J connectivity index is 1.55. The molecule has 0 aromatic carbocycles. The molecule has 9 heteroatoms. The lowest BCUT2D eigenvalue weighted by Gasteiger charge is -2.30. The van der Waals surface area contributed by atoms with Crippen molar-refractivity contribution in [3.8, 4) is 0 Å². The van der Waals surface area contributed by atoms with Gasteiger partial charge in [-0.1, -0.05) is 0 Å². The van der Waals surface area contributed by atoms with Crippen LogP contribution < -0.4 is 4.90 Å². The third-order valence-electron chi connectivity index (χ3n) is 5.95. The number of fused-ring (bicyclic) bond motifs is 3. The summed E-state index contributed by atoms with van der Waals surface area (Å²) >= 11 is 1.81. The van der Waals surface area contributed by atoms with Gasteiger partial charge >= 0.3 is 0 Å². The second-order valence-electron chi connectivity index (χ2n) is 7.88. The topological polar surface area (TPSA) is 75.6 Å². The van der Waals surface area contributed by atoms with Crippen molar-refractivity contribution in [1.29, 1.82) is 0 Å². The number of nitrogens with zero attached hydrogens (tertiary/aromatic N) is 4. The van der Waals surface area contributed by atoms with Crippen LogP contribution in [-0.4, -0.2) is 74.2 Å². The normalized spacial score (nSPS) is 23.1. The van der Waals surface area contributed by atoms with Crippen molar-refractivity contribution in [3.63, 3.8) is 0 Å². The van der Waals surface area contributed by atoms with E-state index in [1.807, 2.05) is 11.3 Å². The Morgan fingerprint density at radius 1 is 1.00 bits per heavy atom. The first kappa shape index (κ1) is 18.7. The number of sulfone groups is 1. The Bertz CT molecular complexity index is 969. The molecule has 7 nitrogen and oxygen atoms in total. The van der Waals surface area contributed by atoms with Crippen LogP contribution in [-0.2, 0) is 34.0 Å². The van der Waals surface area contributed by atoms with Crippen LogP contribution >= 0.6 is 11.3 Å². The van der Waals surface area contributed by atoms with Gasteiger partial charge < -0.3 is 9.64 Å². The van der Waals surface area contributed by atoms with Crippen LogP contribution in [0.3, 0.4) is 0 Å². The number of thiophene rings is 1. The zero-order valence-corrected chi connectivity index (χ0v) is 17.7. The second kappa shape index (κ2) is 7.51. The van der Waals surface area contributed by atoms with Crippen molar-refractivity contribution in [3.05, 3.63) is 16.3 Å². The predicted octanol–water partition coefficient (Wildman–Crippen LogP) is 1.64. The summed E-state index contributed by atoms with van der Waals surface area (Å²) in [6.07, 6.45) is 4.66. The Morgan fingerprint density at radius 3 is 2.54 bits per heavy atom. The SMILES string of the molecule is O=S1(=O)CCN(c2nc(CN3CCOCC3)nc3sc4c(c23)CCCC4)CC1. The van der Waals surface area contributed by atoms with Gasteiger partial charge in [-0.05, 0) is 31.2 Å². The quantitative estimate of drug-likeness (QED) is 0.744. The van der Waals surface area contributed by atoms with Gasteiger partial charge in [0.25, 0.3) is 0 Å². The standard InChI is InChI=1S/C19H26N4O3S2/c24-28(25)11-7-23(8-12-28)18-17-14-3-1-2-4-15(14)27-19(17)21-16(20-18)13-22-5-9-26-10-6-22/h1-13H2. The Kier molecular flexibility index (Phi) is 5.02. The van der Waals surface area contributed by atoms with Crippen molar-refractivity contribution in [2.24, 2.45) is 0 Å². The predicted molar refractivity (Wildman–Crippen MR) is 111 cm³/mol. The highest BCUT2D eigenvalue weighted by Gasteiger charge is 2.28. The van der Waals surface area contributed by atoms with Crippen LogP contribution in [0.4, 0.5) is 5.82 Å². The maximum absolute atomic E-state index is 11.9. The van der Waals surface area contributed by atoms with Crippen LogP contribution in [0.15, 0.2) is 0 Å². The molecule has 2 aliphatic heterocycles. The van der Waals surface area contributed by atoms with Crippen LogP contribution in [0.2, 0.25) is 0 Å². The molecule has 2 saturated heterocycles. The summed E-state index contributed by atoms with van der Waals surface area (Å²) in [6.45, 7) is 5.09. The zero-order valence-electron chi connectivity index (χ0n) is 16.0. The minimum absolute atomic E-state index is 0.212. The fraction of sp³-hybridized carbons (Fsp3) is 0.684. The molecule has 0 atom stereocenters. The van der Waals surface area contributed by atoms with E-state index in [9.17, 15) is 8.42 Å². The van der Waals surface area contributed by atoms with Gasteiger partial charge in [0.1, 0.15) is 16.5 Å². The minimum atomic E-state index is -2.92. The molecule has 0 radical (unpaired) electrons. The van der Waals surface area contributed by atoms with Crippen molar-refractivity contribution < 1.29 is 13.2 Å². The summed E-state index contributed by atoms with van der Waals surface area (Å²) < 4.78 is 29.3. The Labute approximate surface area is 169 Å². The van der Waals surface area contributed by atoms with Gasteiger partial charge in [0.05, 0.1) is 36.7 Å². The van der Waals surface area contributed by atoms with Gasteiger partial charge in [-0.15, -0.1) is 11.3 Å². The maximum Gasteiger partial charge on any atom is 0.153 e. The average Bonchev–Trinajstić information content (AvgIpc) is 3.07. The highest BCUT2D eigenvalue weighted by Crippen LogP contribution is 2.40. The third-order valence-corrected chi connectivity index (χ3v) is 8.75. The van der Waals surface area contributed by atoms with Gasteiger partial charge in [0.15, 0.2) is 9.84 Å². The molecular weight excluding hydrogens is 396 g/mol. The molecule has 0 unspecified atom stereocenters. The van der Waals surface area contributed by atoms with Gasteiger partial charge in [-0.3, -0.25) is 4.90 Å². The molecule has 1 aliphatic carbocycles. The van der Waals surface area contributed by atoms with Gasteiger partial charge in [-0.2, -0.15) is 0 Å². The van der Waals surface area contributed by atoms with E-state index in [4.69, 9.17) is 14.7 Å². The number of hydrogen-bond donors (Lipinski definition) is 0. The van der Waals surface area contributed by atoms with Crippen molar-refractivity contribution >= 4 is 37.2 Å². The van der Waals surface area contributed by atoms with Gasteiger partial charge in [-0.25, -0.2) is 18.4 Å². The van der Waals surface area contributed by atoms with Crippen LogP contribution in [0.5, 0.6) is 0 Å². The maximum atomic E-state index is 11.9. The molecule has 2 aromatic rings. The van der Waals surface area contributed by atoms with Crippen molar-refractivity contribution in [1.82, 2.24) is 14.9 Å². The van der Waals surface area contributed by atoms with Crippen molar-refractivity contribution in [2.45, 2.75) is 32.2 Å². The molecule has 152 valence electrons. The number of aromatic nitrogens is 2. The van der Waals surface area contributed by atoms with Crippen molar-refractivity contribution in [2.75, 3.05) is 55.8 Å². The summed E-state index contributed by atoms with van der Waals surface area (Å²) in [6, 6.07) is 0. The molecule has 4 heterocycles. The molecule has 5 rings (SSSR count). The smallest absolute Gasteiger partial charge is 0.153 e. The molecule has 0 amide bonds. The fourth-order valence-electron chi connectivity index (χ4n) is 4.36. The monoisotopic (exact) mass is 422 g/mol. The van der Waals surface area contributed by atoms with Crippen LogP contribution in [0.25, 0.3) is 10.2 Å². The number of hydrogen-bond acceptors (Lipinski definition) is 8. The first-order chi connectivity index (χ1) is 13.6. The molecule has 2 aromatic heterocycles. The summed E-state index contributed by atoms with van der Waals surface area (Å²) in [7, 11) is -2.92. The third kappa shape index (κ3) is 3.65. The Morgan fingerprint density at radius 2 is 1.75 bits per heavy atom. The largest absolute Gasteiger partial charge is 0.379 e. The van der Waals surface area contributed by atoms with E-state index in [1.54, 1.807) is 0 Å². The summed E-state index contributed by atoms with van der Waals surface area (Å²) in [5, 5.41) is 1.18. The fourth-order valence-corrected chi connectivity index (χ4v) is 6.84. The molecule has 28 heavy (non-hydrogen) atoms. The highest BCUT2D eigenvalue weighted by molar-refractivity contribution is 7.91. The lowest BCUT2D eigenvalue weighted by molar-refractivity contribution is 0.0331. The highest BCUT2D eigenvalue weighted by atomic mass is 32.2. The molecule has 0 saturated carbocycles. The number of aryl methyl sites for hydroxylation is 2. The average molecular weight is 423 g/mol. The lowest BCUT2D eigenvalue weighted by atomic mass is 9.97. The van der Waals surface area contributed by atoms with Gasteiger partial charge in [0, 0.05) is 31.1 Å². The van der Waals surface area contributed by atoms with E-state index in [1.165, 1.54) is 28.7 Å². The lowest BCUT2D eigenvalue weighted by Crippen LogP contribution is -2.41. The number of morpholine rings is 1. The zero-order chi connectivity index (χ0) is 19.1. The van der Waals surface area contributed by atoms with Crippen LogP contribution in [0.1, 0.15) is 29.1 Å². The molecule has 0 spiro atoms. The summed E-state index contributed by atoms with van der Waals surface area (Å²) in [5.74, 6) is 2.23. The molecular formula is C19H26N4O3S2. The number of rotatable bonds is 3. The van der Waals surface area contributed by atoms with E-state index in [-0.39, 0.29) is 11.5 Å². The van der Waals surface area contributed by atoms with E-state index < -0.39 is 9.84 Å². The molecule has 3 aliphatic rings. The first-order valence-electron chi connectivity index (χ1n) is 10.2. The van der Waals surface area contributed by atoms with E-state index >= 15 is 0 Å². The Hall–Kier alpha value is -1.29. The van der Waals surface area contributed by atoms with E-state index in [0.29, 0.717) is 13.1 Å². The van der Waals surface area contributed by atoms with Crippen LogP contribution in [0, 0.1) is 0 Å². The number of ether oxygens (including phenoxy) is 1. The molecule has 0 N–H and O–H groups in total. The first-order valence-corrected chi connectivity index (χ1v) is 12.8. The van der Waals surface area contributed by atoms with Gasteiger partial charge in [0.2, 0.25) is 0 Å². The second-order valence-corrected chi connectivity index (χ2v) is 11.3. The summed E-state index contributed by atoms with van der Waals surface area (Å²) in [4.78, 5) is 17.0. The number of anilines is 1. The van der Waals surface area contributed by atoms with E-state index in [0.717, 1.165) is 62.2 Å². The molecule has 2 fully saturated rings. The van der Waals surface area contributed by atoms with E-state index in [2.05, 4.69) is 9.80 Å². The minimum Gasteiger partial charge on any atom is -0.379 e. The molecule has 0 bridgehead atoms. The summed E-state index contributed by atoms with van der Waals surface area (Å²) in [5.41, 5.74) is 1.41.